The minimum Gasteiger partial charge on any atom is -0.497 e. The highest BCUT2D eigenvalue weighted by atomic mass is 35.5. The third-order valence-electron chi connectivity index (χ3n) is 5.00. The Morgan fingerprint density at radius 3 is 2.49 bits per heavy atom. The van der Waals surface area contributed by atoms with E-state index in [2.05, 4.69) is 20.7 Å². The fraction of sp³-hybridized carbons (Fsp3) is 0.120. The molecule has 1 N–H and O–H groups in total. The van der Waals surface area contributed by atoms with Gasteiger partial charge in [0.2, 0.25) is 0 Å². The molecule has 0 aliphatic rings. The van der Waals surface area contributed by atoms with Gasteiger partial charge in [0, 0.05) is 21.8 Å². The zero-order valence-corrected chi connectivity index (χ0v) is 21.2. The third kappa shape index (κ3) is 6.03. The number of para-hydroxylation sites is 1. The molecular weight excluding hydrogens is 505 g/mol. The summed E-state index contributed by atoms with van der Waals surface area (Å²) in [5.74, 6) is 1.22. The van der Waals surface area contributed by atoms with Crippen molar-refractivity contribution in [1.82, 2.24) is 20.2 Å². The first kappa shape index (κ1) is 24.8. The van der Waals surface area contributed by atoms with E-state index >= 15 is 0 Å². The molecule has 35 heavy (non-hydrogen) atoms. The van der Waals surface area contributed by atoms with Crippen molar-refractivity contribution in [2.45, 2.75) is 12.1 Å². The summed E-state index contributed by atoms with van der Waals surface area (Å²) in [7, 11) is 1.62. The zero-order valence-electron chi connectivity index (χ0n) is 18.9. The Morgan fingerprint density at radius 1 is 1.06 bits per heavy atom. The number of hydrogen-bond acceptors (Lipinski definition) is 6. The largest absolute Gasteiger partial charge is 0.497 e. The number of aromatic nitrogens is 3. The van der Waals surface area contributed by atoms with Crippen LogP contribution in [-0.4, -0.2) is 39.2 Å². The van der Waals surface area contributed by atoms with Crippen LogP contribution in [0.15, 0.2) is 83.1 Å². The Hall–Kier alpha value is -3.33. The quantitative estimate of drug-likeness (QED) is 0.176. The van der Waals surface area contributed by atoms with Gasteiger partial charge in [0.15, 0.2) is 11.0 Å². The normalized spacial score (nSPS) is 11.4. The Kier molecular flexibility index (Phi) is 8.07. The van der Waals surface area contributed by atoms with E-state index in [1.165, 1.54) is 11.8 Å². The van der Waals surface area contributed by atoms with Crippen LogP contribution in [0.25, 0.3) is 17.1 Å². The lowest BCUT2D eigenvalue weighted by atomic mass is 10.1. The smallest absolute Gasteiger partial charge is 0.250 e. The predicted octanol–water partition coefficient (Wildman–Crippen LogP) is 5.88. The van der Waals surface area contributed by atoms with E-state index in [1.807, 2.05) is 59.2 Å². The molecule has 1 aromatic heterocycles. The number of ether oxygens (including phenoxy) is 1. The van der Waals surface area contributed by atoms with E-state index < -0.39 is 0 Å². The Bertz CT molecular complexity index is 1360. The number of nitrogens with one attached hydrogen (secondary N) is 1. The van der Waals surface area contributed by atoms with Crippen molar-refractivity contribution in [3.63, 3.8) is 0 Å². The average molecular weight is 526 g/mol. The summed E-state index contributed by atoms with van der Waals surface area (Å²) in [6.45, 7) is 1.76. The molecule has 0 atom stereocenters. The van der Waals surface area contributed by atoms with Crippen LogP contribution in [0.4, 0.5) is 0 Å². The lowest BCUT2D eigenvalue weighted by molar-refractivity contribution is -0.118. The van der Waals surface area contributed by atoms with Crippen molar-refractivity contribution in [3.8, 4) is 22.8 Å². The van der Waals surface area contributed by atoms with Gasteiger partial charge in [-0.1, -0.05) is 59.2 Å². The molecule has 0 saturated carbocycles. The molecule has 178 valence electrons. The van der Waals surface area contributed by atoms with Crippen LogP contribution in [0.3, 0.4) is 0 Å². The van der Waals surface area contributed by atoms with Crippen LogP contribution in [0.5, 0.6) is 5.75 Å². The van der Waals surface area contributed by atoms with Crippen molar-refractivity contribution in [3.05, 3.63) is 88.4 Å². The highest BCUT2D eigenvalue weighted by Crippen LogP contribution is 2.29. The van der Waals surface area contributed by atoms with Gasteiger partial charge in [0.1, 0.15) is 5.75 Å². The van der Waals surface area contributed by atoms with E-state index in [0.29, 0.717) is 32.3 Å². The van der Waals surface area contributed by atoms with Crippen molar-refractivity contribution in [2.75, 3.05) is 12.9 Å². The van der Waals surface area contributed by atoms with E-state index in [0.717, 1.165) is 17.0 Å². The molecular formula is C25H21Cl2N5O2S. The predicted molar refractivity (Wildman–Crippen MR) is 141 cm³/mol. The van der Waals surface area contributed by atoms with E-state index in [-0.39, 0.29) is 11.7 Å². The van der Waals surface area contributed by atoms with Gasteiger partial charge in [0.25, 0.3) is 5.91 Å². The second-order valence-electron chi connectivity index (χ2n) is 7.35. The molecule has 0 fully saturated rings. The summed E-state index contributed by atoms with van der Waals surface area (Å²) in [5.41, 5.74) is 5.59. The van der Waals surface area contributed by atoms with Crippen LogP contribution >= 0.6 is 35.0 Å². The number of carbonyl (C=O) groups is 1. The Balaban J connectivity index is 1.52. The summed E-state index contributed by atoms with van der Waals surface area (Å²) in [6.07, 6.45) is 0. The molecule has 1 heterocycles. The number of amides is 1. The van der Waals surface area contributed by atoms with Gasteiger partial charge in [-0.05, 0) is 55.5 Å². The first-order valence-corrected chi connectivity index (χ1v) is 12.3. The molecule has 0 radical (unpaired) electrons. The minimum absolute atomic E-state index is 0.0959. The van der Waals surface area contributed by atoms with Crippen molar-refractivity contribution in [1.29, 1.82) is 0 Å². The zero-order chi connectivity index (χ0) is 24.8. The maximum absolute atomic E-state index is 12.5. The van der Waals surface area contributed by atoms with Gasteiger partial charge in [-0.3, -0.25) is 9.36 Å². The molecule has 10 heteroatoms. The standard InChI is InChI=1S/C25H21Cl2N5O2S/c1-16(21-13-10-18(26)14-22(21)27)28-29-23(33)15-35-25-31-30-24(17-8-11-20(34-2)12-9-17)32(25)19-6-4-3-5-7-19/h3-14H,15H2,1-2H3,(H,29,33). The lowest BCUT2D eigenvalue weighted by Gasteiger charge is -2.10. The summed E-state index contributed by atoms with van der Waals surface area (Å²) >= 11 is 13.4. The second-order valence-corrected chi connectivity index (χ2v) is 9.14. The highest BCUT2D eigenvalue weighted by molar-refractivity contribution is 7.99. The van der Waals surface area contributed by atoms with Gasteiger partial charge < -0.3 is 4.74 Å². The number of rotatable bonds is 8. The summed E-state index contributed by atoms with van der Waals surface area (Å²) in [6, 6.07) is 22.4. The average Bonchev–Trinajstić information content (AvgIpc) is 3.30. The van der Waals surface area contributed by atoms with Gasteiger partial charge in [-0.15, -0.1) is 10.2 Å². The molecule has 3 aromatic carbocycles. The summed E-state index contributed by atoms with van der Waals surface area (Å²) < 4.78 is 7.17. The molecule has 0 unspecified atom stereocenters. The fourth-order valence-electron chi connectivity index (χ4n) is 3.25. The van der Waals surface area contributed by atoms with E-state index in [4.69, 9.17) is 27.9 Å². The highest BCUT2D eigenvalue weighted by Gasteiger charge is 2.17. The first-order valence-electron chi connectivity index (χ1n) is 10.5. The first-order chi connectivity index (χ1) is 17.0. The van der Waals surface area contributed by atoms with Crippen LogP contribution < -0.4 is 10.2 Å². The monoisotopic (exact) mass is 525 g/mol. The number of benzene rings is 3. The molecule has 4 aromatic rings. The number of nitrogens with zero attached hydrogens (tertiary/aromatic N) is 4. The van der Waals surface area contributed by atoms with Crippen LogP contribution in [0.1, 0.15) is 12.5 Å². The second kappa shape index (κ2) is 11.4. The Labute approximate surface area is 217 Å². The van der Waals surface area contributed by atoms with Crippen molar-refractivity contribution >= 4 is 46.6 Å². The fourth-order valence-corrected chi connectivity index (χ4v) is 4.54. The molecule has 0 bridgehead atoms. The molecule has 1 amide bonds. The molecule has 0 spiro atoms. The van der Waals surface area contributed by atoms with E-state index in [9.17, 15) is 4.79 Å². The molecule has 0 aliphatic heterocycles. The summed E-state index contributed by atoms with van der Waals surface area (Å²) in [4.78, 5) is 12.5. The SMILES string of the molecule is COc1ccc(-c2nnc(SCC(=O)NN=C(C)c3ccc(Cl)cc3Cl)n2-c2ccccc2)cc1. The van der Waals surface area contributed by atoms with Crippen molar-refractivity contribution in [2.24, 2.45) is 5.10 Å². The third-order valence-corrected chi connectivity index (χ3v) is 6.47. The van der Waals surface area contributed by atoms with Crippen molar-refractivity contribution < 1.29 is 9.53 Å². The molecule has 7 nitrogen and oxygen atoms in total. The van der Waals surface area contributed by atoms with Crippen LogP contribution in [-0.2, 0) is 4.79 Å². The van der Waals surface area contributed by atoms with E-state index in [1.54, 1.807) is 32.2 Å². The molecule has 4 rings (SSSR count). The maximum atomic E-state index is 12.5. The minimum atomic E-state index is -0.284. The maximum Gasteiger partial charge on any atom is 0.250 e. The molecule has 0 aliphatic carbocycles. The van der Waals surface area contributed by atoms with Crippen LogP contribution in [0, 0.1) is 0 Å². The van der Waals surface area contributed by atoms with Gasteiger partial charge in [0.05, 0.1) is 23.6 Å². The van der Waals surface area contributed by atoms with Crippen LogP contribution in [0.2, 0.25) is 10.0 Å². The number of hydrogen-bond donors (Lipinski definition) is 1. The molecule has 0 saturated heterocycles. The van der Waals surface area contributed by atoms with Gasteiger partial charge in [-0.25, -0.2) is 5.43 Å². The number of carbonyl (C=O) groups excluding carboxylic acids is 1. The number of halogens is 2. The van der Waals surface area contributed by atoms with Gasteiger partial charge >= 0.3 is 0 Å². The summed E-state index contributed by atoms with van der Waals surface area (Å²) in [5, 5.41) is 14.5. The number of thioether (sulfide) groups is 1. The lowest BCUT2D eigenvalue weighted by Crippen LogP contribution is -2.21. The number of hydrazone groups is 1. The number of methoxy groups -OCH3 is 1. The topological polar surface area (TPSA) is 81.4 Å². The van der Waals surface area contributed by atoms with Gasteiger partial charge in [-0.2, -0.15) is 5.10 Å². The Morgan fingerprint density at radius 2 is 1.80 bits per heavy atom.